The van der Waals surface area contributed by atoms with Crippen LogP contribution < -0.4 is 25.8 Å². The molecule has 0 atom stereocenters. The van der Waals surface area contributed by atoms with Crippen molar-refractivity contribution >= 4 is 34.3 Å². The molecule has 0 unspecified atom stereocenters. The Balaban J connectivity index is 1.72. The Morgan fingerprint density at radius 3 is 2.69 bits per heavy atom. The summed E-state index contributed by atoms with van der Waals surface area (Å²) in [6, 6.07) is 9.63. The third-order valence-electron chi connectivity index (χ3n) is 3.79. The molecule has 0 fully saturated rings. The van der Waals surface area contributed by atoms with E-state index in [4.69, 9.17) is 15.2 Å². The molecule has 1 aromatic carbocycles. The molecule has 7 nitrogen and oxygen atoms in total. The van der Waals surface area contributed by atoms with Gasteiger partial charge in [-0.05, 0) is 30.0 Å². The Morgan fingerprint density at radius 1 is 1.12 bits per heavy atom. The van der Waals surface area contributed by atoms with Crippen LogP contribution in [-0.2, 0) is 6.42 Å². The fourth-order valence-corrected chi connectivity index (χ4v) is 3.13. The van der Waals surface area contributed by atoms with E-state index >= 15 is 0 Å². The fraction of sp³-hybridized carbons (Fsp3) is 0.222. The van der Waals surface area contributed by atoms with Gasteiger partial charge in [-0.15, -0.1) is 11.3 Å². The van der Waals surface area contributed by atoms with E-state index in [0.29, 0.717) is 28.8 Å². The minimum Gasteiger partial charge on any atom is -0.497 e. The molecule has 0 saturated heterocycles. The van der Waals surface area contributed by atoms with Gasteiger partial charge in [-0.2, -0.15) is 0 Å². The molecule has 2 aromatic heterocycles. The monoisotopic (exact) mass is 371 g/mol. The summed E-state index contributed by atoms with van der Waals surface area (Å²) < 4.78 is 10.6. The maximum Gasteiger partial charge on any atom is 0.159 e. The number of thiophene rings is 1. The van der Waals surface area contributed by atoms with Crippen LogP contribution in [-0.4, -0.2) is 30.7 Å². The van der Waals surface area contributed by atoms with Crippen LogP contribution in [0.1, 0.15) is 4.88 Å². The number of hydrogen-bond acceptors (Lipinski definition) is 8. The zero-order chi connectivity index (χ0) is 18.4. The standard InChI is InChI=1S/C18H21N5O2S/c1-24-12-5-6-14(15(10-12)25-2)23-18-16(19)17(21-11-22-18)20-8-7-13-4-3-9-26-13/h3-6,9-11H,7-8,19H2,1-2H3,(H2,20,21,22,23). The number of nitrogen functional groups attached to an aromatic ring is 1. The molecule has 3 rings (SSSR count). The molecule has 4 N–H and O–H groups in total. The van der Waals surface area contributed by atoms with E-state index in [9.17, 15) is 0 Å². The van der Waals surface area contributed by atoms with Crippen molar-refractivity contribution in [3.05, 3.63) is 46.9 Å². The minimum absolute atomic E-state index is 0.455. The molecule has 0 spiro atoms. The third-order valence-corrected chi connectivity index (χ3v) is 4.73. The Labute approximate surface area is 156 Å². The Morgan fingerprint density at radius 2 is 1.96 bits per heavy atom. The van der Waals surface area contributed by atoms with E-state index in [0.717, 1.165) is 18.7 Å². The van der Waals surface area contributed by atoms with Crippen molar-refractivity contribution in [2.45, 2.75) is 6.42 Å². The van der Waals surface area contributed by atoms with E-state index < -0.39 is 0 Å². The zero-order valence-electron chi connectivity index (χ0n) is 14.7. The Kier molecular flexibility index (Phi) is 5.75. The van der Waals surface area contributed by atoms with Crippen molar-refractivity contribution in [3.8, 4) is 11.5 Å². The van der Waals surface area contributed by atoms with Gasteiger partial charge in [-0.25, -0.2) is 9.97 Å². The number of nitrogens with one attached hydrogen (secondary N) is 2. The molecular weight excluding hydrogens is 350 g/mol. The lowest BCUT2D eigenvalue weighted by Crippen LogP contribution is -2.10. The summed E-state index contributed by atoms with van der Waals surface area (Å²) in [5, 5.41) is 8.52. The predicted molar refractivity (Wildman–Crippen MR) is 106 cm³/mol. The average molecular weight is 371 g/mol. The molecule has 0 aliphatic rings. The lowest BCUT2D eigenvalue weighted by atomic mass is 10.2. The number of nitrogens with zero attached hydrogens (tertiary/aromatic N) is 2. The summed E-state index contributed by atoms with van der Waals surface area (Å²) in [6.07, 6.45) is 2.39. The van der Waals surface area contributed by atoms with Crippen molar-refractivity contribution in [2.75, 3.05) is 37.1 Å². The Bertz CT molecular complexity index is 855. The van der Waals surface area contributed by atoms with Gasteiger partial charge in [0, 0.05) is 17.5 Å². The number of rotatable bonds is 8. The molecule has 0 aliphatic carbocycles. The number of nitrogens with two attached hydrogens (primary N) is 1. The van der Waals surface area contributed by atoms with Gasteiger partial charge in [0.1, 0.15) is 23.5 Å². The second-order valence-corrected chi connectivity index (χ2v) is 6.46. The van der Waals surface area contributed by atoms with Crippen LogP contribution in [0, 0.1) is 0 Å². The highest BCUT2D eigenvalue weighted by Gasteiger charge is 2.11. The highest BCUT2D eigenvalue weighted by Crippen LogP contribution is 2.33. The first-order valence-corrected chi connectivity index (χ1v) is 8.95. The summed E-state index contributed by atoms with van der Waals surface area (Å²) >= 11 is 1.73. The smallest absolute Gasteiger partial charge is 0.159 e. The van der Waals surface area contributed by atoms with Crippen LogP contribution in [0.3, 0.4) is 0 Å². The number of anilines is 4. The van der Waals surface area contributed by atoms with Crippen molar-refractivity contribution < 1.29 is 9.47 Å². The van der Waals surface area contributed by atoms with E-state index in [1.165, 1.54) is 11.2 Å². The maximum absolute atomic E-state index is 6.23. The average Bonchev–Trinajstić information content (AvgIpc) is 3.18. The molecule has 136 valence electrons. The number of methoxy groups -OCH3 is 2. The predicted octanol–water partition coefficient (Wildman–Crippen LogP) is 3.54. The summed E-state index contributed by atoms with van der Waals surface area (Å²) in [5.74, 6) is 2.46. The minimum atomic E-state index is 0.455. The van der Waals surface area contributed by atoms with E-state index in [1.807, 2.05) is 18.2 Å². The van der Waals surface area contributed by atoms with E-state index in [1.54, 1.807) is 31.6 Å². The number of ether oxygens (including phenoxy) is 2. The lowest BCUT2D eigenvalue weighted by molar-refractivity contribution is 0.395. The highest BCUT2D eigenvalue weighted by atomic mass is 32.1. The molecule has 0 aliphatic heterocycles. The van der Waals surface area contributed by atoms with Gasteiger partial charge in [0.25, 0.3) is 0 Å². The quantitative estimate of drug-likeness (QED) is 0.557. The van der Waals surface area contributed by atoms with Gasteiger partial charge in [0.05, 0.1) is 19.9 Å². The van der Waals surface area contributed by atoms with Gasteiger partial charge in [0.15, 0.2) is 11.6 Å². The number of hydrogen-bond donors (Lipinski definition) is 3. The molecular formula is C18H21N5O2S. The van der Waals surface area contributed by atoms with Crippen LogP contribution >= 0.6 is 11.3 Å². The first-order valence-electron chi connectivity index (χ1n) is 8.07. The third kappa shape index (κ3) is 4.15. The molecule has 0 bridgehead atoms. The highest BCUT2D eigenvalue weighted by molar-refractivity contribution is 7.09. The van der Waals surface area contributed by atoms with Crippen molar-refractivity contribution in [2.24, 2.45) is 0 Å². The second kappa shape index (κ2) is 8.39. The first-order chi connectivity index (χ1) is 12.7. The molecule has 0 saturated carbocycles. The van der Waals surface area contributed by atoms with Crippen LogP contribution in [0.15, 0.2) is 42.0 Å². The lowest BCUT2D eigenvalue weighted by Gasteiger charge is -2.15. The van der Waals surface area contributed by atoms with E-state index in [2.05, 4.69) is 32.0 Å². The topological polar surface area (TPSA) is 94.3 Å². The van der Waals surface area contributed by atoms with Crippen molar-refractivity contribution in [3.63, 3.8) is 0 Å². The fourth-order valence-electron chi connectivity index (χ4n) is 2.42. The van der Waals surface area contributed by atoms with Crippen LogP contribution in [0.25, 0.3) is 0 Å². The summed E-state index contributed by atoms with van der Waals surface area (Å²) in [7, 11) is 3.21. The summed E-state index contributed by atoms with van der Waals surface area (Å²) in [6.45, 7) is 0.743. The maximum atomic E-state index is 6.23. The van der Waals surface area contributed by atoms with E-state index in [-0.39, 0.29) is 0 Å². The largest absolute Gasteiger partial charge is 0.497 e. The van der Waals surface area contributed by atoms with Gasteiger partial charge >= 0.3 is 0 Å². The molecule has 8 heteroatoms. The summed E-state index contributed by atoms with van der Waals surface area (Å²) in [5.41, 5.74) is 7.42. The molecule has 2 heterocycles. The molecule has 0 radical (unpaired) electrons. The molecule has 0 amide bonds. The van der Waals surface area contributed by atoms with Crippen LogP contribution in [0.2, 0.25) is 0 Å². The van der Waals surface area contributed by atoms with Gasteiger partial charge in [-0.1, -0.05) is 6.07 Å². The van der Waals surface area contributed by atoms with Crippen molar-refractivity contribution in [1.82, 2.24) is 9.97 Å². The van der Waals surface area contributed by atoms with Crippen LogP contribution in [0.4, 0.5) is 23.0 Å². The SMILES string of the molecule is COc1ccc(Nc2ncnc(NCCc3cccs3)c2N)c(OC)c1. The van der Waals surface area contributed by atoms with Gasteiger partial charge < -0.3 is 25.8 Å². The van der Waals surface area contributed by atoms with Gasteiger partial charge in [-0.3, -0.25) is 0 Å². The first kappa shape index (κ1) is 17.8. The van der Waals surface area contributed by atoms with Crippen LogP contribution in [0.5, 0.6) is 11.5 Å². The number of benzene rings is 1. The normalized spacial score (nSPS) is 10.4. The molecule has 26 heavy (non-hydrogen) atoms. The Hall–Kier alpha value is -3.00. The summed E-state index contributed by atoms with van der Waals surface area (Å²) in [4.78, 5) is 9.78. The second-order valence-electron chi connectivity index (χ2n) is 5.43. The molecule has 3 aromatic rings. The number of aromatic nitrogens is 2. The van der Waals surface area contributed by atoms with Crippen molar-refractivity contribution in [1.29, 1.82) is 0 Å². The zero-order valence-corrected chi connectivity index (χ0v) is 15.5. The van der Waals surface area contributed by atoms with Gasteiger partial charge in [0.2, 0.25) is 0 Å².